The molecule has 0 bridgehead atoms. The van der Waals surface area contributed by atoms with Gasteiger partial charge in [-0.1, -0.05) is 36.4 Å². The van der Waals surface area contributed by atoms with E-state index in [2.05, 4.69) is 20.6 Å². The fraction of sp³-hybridized carbons (Fsp3) is 0.250. The van der Waals surface area contributed by atoms with Crippen LogP contribution in [-0.2, 0) is 22.4 Å². The number of fused-ring (bicyclic) bond motifs is 1. The van der Waals surface area contributed by atoms with Crippen molar-refractivity contribution in [3.63, 3.8) is 0 Å². The molecule has 3 N–H and O–H groups in total. The van der Waals surface area contributed by atoms with Crippen molar-refractivity contribution in [2.24, 2.45) is 0 Å². The molecule has 0 fully saturated rings. The van der Waals surface area contributed by atoms with E-state index in [1.165, 1.54) is 0 Å². The summed E-state index contributed by atoms with van der Waals surface area (Å²) in [5.41, 5.74) is 3.07. The van der Waals surface area contributed by atoms with Crippen molar-refractivity contribution in [1.82, 2.24) is 20.6 Å². The molecule has 2 amide bonds. The van der Waals surface area contributed by atoms with Crippen LogP contribution in [0.5, 0.6) is 11.5 Å². The summed E-state index contributed by atoms with van der Waals surface area (Å²) < 4.78 is 10.9. The van der Waals surface area contributed by atoms with Gasteiger partial charge in [0.1, 0.15) is 11.5 Å². The van der Waals surface area contributed by atoms with Crippen molar-refractivity contribution in [2.45, 2.75) is 25.3 Å². The Morgan fingerprint density at radius 2 is 1.83 bits per heavy atom. The predicted octanol–water partition coefficient (Wildman–Crippen LogP) is 3.43. The number of benzene rings is 2. The van der Waals surface area contributed by atoms with Gasteiger partial charge in [0.05, 0.1) is 19.3 Å². The third-order valence-electron chi connectivity index (χ3n) is 5.87. The van der Waals surface area contributed by atoms with Crippen molar-refractivity contribution in [3.05, 3.63) is 90.4 Å². The van der Waals surface area contributed by atoms with E-state index >= 15 is 0 Å². The second kappa shape index (κ2) is 12.4. The van der Waals surface area contributed by atoms with Crippen molar-refractivity contribution in [3.8, 4) is 11.5 Å². The first-order valence-corrected chi connectivity index (χ1v) is 11.9. The molecule has 1 atom stereocenters. The molecule has 0 radical (unpaired) electrons. The maximum Gasteiger partial charge on any atom is 0.258 e. The number of H-pyrrole nitrogens is 1. The Labute approximate surface area is 210 Å². The summed E-state index contributed by atoms with van der Waals surface area (Å²) in [4.78, 5) is 32.5. The molecule has 4 aromatic rings. The van der Waals surface area contributed by atoms with Crippen molar-refractivity contribution < 1.29 is 19.1 Å². The van der Waals surface area contributed by atoms with Gasteiger partial charge in [-0.3, -0.25) is 14.6 Å². The lowest BCUT2D eigenvalue weighted by molar-refractivity contribution is -0.125. The number of hydrogen-bond donors (Lipinski definition) is 3. The topological polar surface area (TPSA) is 105 Å². The zero-order chi connectivity index (χ0) is 25.2. The smallest absolute Gasteiger partial charge is 0.258 e. The lowest BCUT2D eigenvalue weighted by Gasteiger charge is -2.20. The molecule has 0 aliphatic heterocycles. The summed E-state index contributed by atoms with van der Waals surface area (Å²) in [5.74, 6) is 0.923. The Bertz CT molecular complexity index is 1290. The van der Waals surface area contributed by atoms with E-state index in [9.17, 15) is 9.59 Å². The average Bonchev–Trinajstić information content (AvgIpc) is 3.32. The molecule has 0 aliphatic rings. The second-order valence-corrected chi connectivity index (χ2v) is 8.42. The van der Waals surface area contributed by atoms with Gasteiger partial charge < -0.3 is 25.1 Å². The van der Waals surface area contributed by atoms with Crippen LogP contribution < -0.4 is 20.1 Å². The van der Waals surface area contributed by atoms with Crippen molar-refractivity contribution >= 4 is 22.7 Å². The molecular weight excluding hydrogens is 456 g/mol. The third-order valence-corrected chi connectivity index (χ3v) is 5.87. The SMILES string of the molecule is COc1ccccc1CCC(=O)NCC(Cc1c[nH]c2ccccc12)NC(=O)COc1cccnc1. The van der Waals surface area contributed by atoms with Crippen LogP contribution in [0.1, 0.15) is 17.5 Å². The molecule has 0 saturated carbocycles. The zero-order valence-corrected chi connectivity index (χ0v) is 20.2. The highest BCUT2D eigenvalue weighted by Crippen LogP contribution is 2.20. The Balaban J connectivity index is 1.36. The fourth-order valence-electron chi connectivity index (χ4n) is 4.07. The van der Waals surface area contributed by atoms with Crippen LogP contribution in [0.2, 0.25) is 0 Å². The van der Waals surface area contributed by atoms with Crippen LogP contribution in [0.3, 0.4) is 0 Å². The number of para-hydroxylation sites is 2. The number of methoxy groups -OCH3 is 1. The first kappa shape index (κ1) is 24.8. The highest BCUT2D eigenvalue weighted by Gasteiger charge is 2.17. The summed E-state index contributed by atoms with van der Waals surface area (Å²) in [6.07, 6.45) is 6.57. The Hall–Kier alpha value is -4.33. The molecule has 0 aliphatic carbocycles. The van der Waals surface area contributed by atoms with Gasteiger partial charge in [-0.15, -0.1) is 0 Å². The van der Waals surface area contributed by atoms with Gasteiger partial charge in [-0.25, -0.2) is 0 Å². The molecule has 186 valence electrons. The number of hydrogen-bond acceptors (Lipinski definition) is 5. The molecule has 1 unspecified atom stereocenters. The number of aryl methyl sites for hydroxylation is 1. The predicted molar refractivity (Wildman–Crippen MR) is 138 cm³/mol. The largest absolute Gasteiger partial charge is 0.496 e. The summed E-state index contributed by atoms with van der Waals surface area (Å²) in [7, 11) is 1.62. The summed E-state index contributed by atoms with van der Waals surface area (Å²) in [6, 6.07) is 18.8. The summed E-state index contributed by atoms with van der Waals surface area (Å²) in [6.45, 7) is 0.153. The van der Waals surface area contributed by atoms with Crippen LogP contribution >= 0.6 is 0 Å². The second-order valence-electron chi connectivity index (χ2n) is 8.42. The van der Waals surface area contributed by atoms with Crippen LogP contribution in [0.25, 0.3) is 10.9 Å². The molecular formula is C28H30N4O4. The van der Waals surface area contributed by atoms with Crippen LogP contribution in [-0.4, -0.2) is 48.1 Å². The minimum Gasteiger partial charge on any atom is -0.496 e. The first-order chi connectivity index (χ1) is 17.6. The highest BCUT2D eigenvalue weighted by molar-refractivity contribution is 5.83. The molecule has 2 aromatic heterocycles. The minimum absolute atomic E-state index is 0.0920. The lowest BCUT2D eigenvalue weighted by Crippen LogP contribution is -2.46. The normalized spacial score (nSPS) is 11.6. The van der Waals surface area contributed by atoms with E-state index < -0.39 is 0 Å². The van der Waals surface area contributed by atoms with Crippen LogP contribution in [0, 0.1) is 0 Å². The number of nitrogens with one attached hydrogen (secondary N) is 3. The number of carbonyl (C=O) groups is 2. The van der Waals surface area contributed by atoms with Gasteiger partial charge in [0.25, 0.3) is 5.91 Å². The van der Waals surface area contributed by atoms with E-state index in [-0.39, 0.29) is 24.5 Å². The van der Waals surface area contributed by atoms with E-state index in [1.54, 1.807) is 31.6 Å². The maximum absolute atomic E-state index is 12.7. The summed E-state index contributed by atoms with van der Waals surface area (Å²) in [5, 5.41) is 7.07. The minimum atomic E-state index is -0.315. The van der Waals surface area contributed by atoms with E-state index in [1.807, 2.05) is 54.7 Å². The highest BCUT2D eigenvalue weighted by atomic mass is 16.5. The molecule has 2 aromatic carbocycles. The van der Waals surface area contributed by atoms with Crippen LogP contribution in [0.4, 0.5) is 0 Å². The number of amides is 2. The number of ether oxygens (including phenoxy) is 2. The van der Waals surface area contributed by atoms with Crippen molar-refractivity contribution in [1.29, 1.82) is 0 Å². The summed E-state index contributed by atoms with van der Waals surface area (Å²) >= 11 is 0. The standard InChI is InChI=1S/C28H30N4O4/c1-35-26-11-5-2-7-20(26)12-13-27(33)31-17-22(15-21-16-30-25-10-4-3-9-24(21)25)32-28(34)19-36-23-8-6-14-29-18-23/h2-11,14,16,18,22,30H,12-13,15,17,19H2,1H3,(H,31,33)(H,32,34). The average molecular weight is 487 g/mol. The number of aromatic nitrogens is 2. The number of carbonyl (C=O) groups excluding carboxylic acids is 2. The number of aromatic amines is 1. The number of pyridine rings is 1. The number of rotatable bonds is 12. The quantitative estimate of drug-likeness (QED) is 0.285. The third kappa shape index (κ3) is 6.85. The molecule has 2 heterocycles. The molecule has 36 heavy (non-hydrogen) atoms. The lowest BCUT2D eigenvalue weighted by atomic mass is 10.0. The van der Waals surface area contributed by atoms with Gasteiger partial charge in [-0.05, 0) is 48.2 Å². The zero-order valence-electron chi connectivity index (χ0n) is 20.2. The maximum atomic E-state index is 12.7. The van der Waals surface area contributed by atoms with Crippen molar-refractivity contribution in [2.75, 3.05) is 20.3 Å². The van der Waals surface area contributed by atoms with E-state index in [0.717, 1.165) is 27.8 Å². The van der Waals surface area contributed by atoms with Gasteiger partial charge in [0, 0.05) is 36.3 Å². The molecule has 4 rings (SSSR count). The van der Waals surface area contributed by atoms with Gasteiger partial charge in [0.2, 0.25) is 5.91 Å². The molecule has 8 heteroatoms. The van der Waals surface area contributed by atoms with Gasteiger partial charge >= 0.3 is 0 Å². The molecule has 0 spiro atoms. The Kier molecular flexibility index (Phi) is 8.53. The molecule has 8 nitrogen and oxygen atoms in total. The van der Waals surface area contributed by atoms with Crippen LogP contribution in [0.15, 0.2) is 79.3 Å². The first-order valence-electron chi connectivity index (χ1n) is 11.9. The fourth-order valence-corrected chi connectivity index (χ4v) is 4.07. The van der Waals surface area contributed by atoms with Gasteiger partial charge in [0.15, 0.2) is 6.61 Å². The van der Waals surface area contributed by atoms with E-state index in [0.29, 0.717) is 31.6 Å². The Morgan fingerprint density at radius 3 is 2.67 bits per heavy atom. The Morgan fingerprint density at radius 1 is 1.00 bits per heavy atom. The molecule has 0 saturated heterocycles. The monoisotopic (exact) mass is 486 g/mol. The van der Waals surface area contributed by atoms with E-state index in [4.69, 9.17) is 9.47 Å². The van der Waals surface area contributed by atoms with Gasteiger partial charge in [-0.2, -0.15) is 0 Å². The number of nitrogens with zero attached hydrogens (tertiary/aromatic N) is 1.